The van der Waals surface area contributed by atoms with Gasteiger partial charge in [0, 0.05) is 62.9 Å². The van der Waals surface area contributed by atoms with Gasteiger partial charge in [0.05, 0.1) is 17.3 Å². The molecule has 3 aromatic rings. The number of benzene rings is 1. The second-order valence-corrected chi connectivity index (χ2v) is 10.4. The summed E-state index contributed by atoms with van der Waals surface area (Å²) in [5.41, 5.74) is 1.21. The van der Waals surface area contributed by atoms with Gasteiger partial charge in [-0.25, -0.2) is 4.98 Å². The van der Waals surface area contributed by atoms with Crippen molar-refractivity contribution in [3.63, 3.8) is 0 Å². The molecule has 0 saturated carbocycles. The molecule has 2 aliphatic heterocycles. The van der Waals surface area contributed by atoms with E-state index in [-0.39, 0.29) is 5.56 Å². The van der Waals surface area contributed by atoms with Crippen molar-refractivity contribution in [1.29, 1.82) is 0 Å². The van der Waals surface area contributed by atoms with Crippen molar-refractivity contribution in [2.24, 2.45) is 0 Å². The van der Waals surface area contributed by atoms with E-state index in [1.165, 1.54) is 22.6 Å². The Kier molecular flexibility index (Phi) is 6.87. The number of rotatable bonds is 6. The second kappa shape index (κ2) is 9.91. The van der Waals surface area contributed by atoms with Crippen LogP contribution in [-0.2, 0) is 25.7 Å². The van der Waals surface area contributed by atoms with Crippen LogP contribution in [0, 0.1) is 0 Å². The molecule has 0 amide bonds. The van der Waals surface area contributed by atoms with Crippen LogP contribution in [0.5, 0.6) is 0 Å². The number of anilines is 1. The van der Waals surface area contributed by atoms with Crippen LogP contribution in [0.2, 0.25) is 0 Å². The lowest BCUT2D eigenvalue weighted by Gasteiger charge is -2.36. The Morgan fingerprint density at radius 3 is 2.57 bits per heavy atom. The molecule has 0 atom stereocenters. The third kappa shape index (κ3) is 5.10. The topological polar surface area (TPSA) is 44.6 Å². The smallest absolute Gasteiger partial charge is 0.369 e. The molecule has 0 unspecified atom stereocenters. The van der Waals surface area contributed by atoms with Crippen LogP contribution < -0.4 is 10.5 Å². The van der Waals surface area contributed by atoms with Gasteiger partial charge in [0.2, 0.25) is 0 Å². The number of fused-ring (bicyclic) bond motifs is 3. The van der Waals surface area contributed by atoms with E-state index in [0.29, 0.717) is 31.9 Å². The molecule has 0 bridgehead atoms. The molecule has 35 heavy (non-hydrogen) atoms. The molecule has 0 spiro atoms. The van der Waals surface area contributed by atoms with Gasteiger partial charge < -0.3 is 4.90 Å². The first-order chi connectivity index (χ1) is 16.8. The Hall–Kier alpha value is -2.43. The molecule has 6 nitrogen and oxygen atoms in total. The molecule has 2 aliphatic rings. The average Bonchev–Trinajstić information content (AvgIpc) is 3.22. The van der Waals surface area contributed by atoms with Crippen molar-refractivity contribution in [2.75, 3.05) is 50.7 Å². The number of hydrogen-bond acceptors (Lipinski definition) is 6. The van der Waals surface area contributed by atoms with Gasteiger partial charge in [-0.05, 0) is 43.1 Å². The first-order valence-corrected chi connectivity index (χ1v) is 13.0. The minimum absolute atomic E-state index is 0.0408. The van der Waals surface area contributed by atoms with Gasteiger partial charge in [-0.2, -0.15) is 13.2 Å². The van der Waals surface area contributed by atoms with E-state index in [4.69, 9.17) is 0 Å². The standard InChI is InChI=1S/C25H30F3N5OS/c1-2-7-31-8-6-20-21(16-31)35-23-22(20)24(34)33(17-29-23)14-11-30-9-12-32(13-10-30)19-5-3-4-18(15-19)25(26,27)28/h3-5,15,17H,2,6-14,16H2,1H3. The summed E-state index contributed by atoms with van der Waals surface area (Å²) in [5, 5.41) is 0.790. The minimum Gasteiger partial charge on any atom is -0.369 e. The maximum atomic E-state index is 13.3. The molecule has 2 aromatic heterocycles. The predicted molar refractivity (Wildman–Crippen MR) is 133 cm³/mol. The molecule has 4 heterocycles. The van der Waals surface area contributed by atoms with E-state index in [9.17, 15) is 18.0 Å². The Bertz CT molecular complexity index is 1250. The maximum Gasteiger partial charge on any atom is 0.416 e. The summed E-state index contributed by atoms with van der Waals surface area (Å²) >= 11 is 1.65. The van der Waals surface area contributed by atoms with Crippen LogP contribution in [0.4, 0.5) is 18.9 Å². The molecular weight excluding hydrogens is 475 g/mol. The summed E-state index contributed by atoms with van der Waals surface area (Å²) in [4.78, 5) is 26.7. The van der Waals surface area contributed by atoms with Crippen molar-refractivity contribution in [3.8, 4) is 0 Å². The number of hydrogen-bond donors (Lipinski definition) is 0. The lowest BCUT2D eigenvalue weighted by Crippen LogP contribution is -2.47. The Labute approximate surface area is 206 Å². The second-order valence-electron chi connectivity index (χ2n) is 9.33. The third-order valence-corrected chi connectivity index (χ3v) is 8.14. The zero-order valence-electron chi connectivity index (χ0n) is 19.9. The van der Waals surface area contributed by atoms with Gasteiger partial charge in [-0.15, -0.1) is 11.3 Å². The average molecular weight is 506 g/mol. The molecule has 0 aliphatic carbocycles. The third-order valence-electron chi connectivity index (χ3n) is 7.01. The van der Waals surface area contributed by atoms with E-state index < -0.39 is 11.7 Å². The SMILES string of the molecule is CCCN1CCc2c(sc3ncn(CCN4CCN(c5cccc(C(F)(F)F)c5)CC4)c(=O)c23)C1. The predicted octanol–water partition coefficient (Wildman–Crippen LogP) is 4.07. The fourth-order valence-corrected chi connectivity index (χ4v) is 6.32. The lowest BCUT2D eigenvalue weighted by atomic mass is 10.1. The quantitative estimate of drug-likeness (QED) is 0.506. The number of halogens is 3. The number of alkyl halides is 3. The molecule has 1 saturated heterocycles. The highest BCUT2D eigenvalue weighted by molar-refractivity contribution is 7.18. The summed E-state index contributed by atoms with van der Waals surface area (Å²) in [6.07, 6.45) is -0.653. The van der Waals surface area contributed by atoms with Gasteiger partial charge in [0.1, 0.15) is 4.83 Å². The molecule has 0 N–H and O–H groups in total. The van der Waals surface area contributed by atoms with Crippen LogP contribution >= 0.6 is 11.3 Å². The fourth-order valence-electron chi connectivity index (χ4n) is 5.10. The van der Waals surface area contributed by atoms with Crippen LogP contribution in [-0.4, -0.2) is 65.2 Å². The van der Waals surface area contributed by atoms with Crippen molar-refractivity contribution >= 4 is 27.2 Å². The van der Waals surface area contributed by atoms with E-state index >= 15 is 0 Å². The molecule has 188 valence electrons. The van der Waals surface area contributed by atoms with Crippen LogP contribution in [0.25, 0.3) is 10.2 Å². The zero-order valence-corrected chi connectivity index (χ0v) is 20.7. The van der Waals surface area contributed by atoms with Gasteiger partial charge in [-0.1, -0.05) is 13.0 Å². The number of thiophene rings is 1. The zero-order chi connectivity index (χ0) is 24.6. The summed E-state index contributed by atoms with van der Waals surface area (Å²) < 4.78 is 40.9. The van der Waals surface area contributed by atoms with Gasteiger partial charge in [0.15, 0.2) is 0 Å². The molecule has 0 radical (unpaired) electrons. The molecule has 10 heteroatoms. The first-order valence-electron chi connectivity index (χ1n) is 12.2. The fraction of sp³-hybridized carbons (Fsp3) is 0.520. The summed E-state index contributed by atoms with van der Waals surface area (Å²) in [6, 6.07) is 5.52. The number of nitrogens with zero attached hydrogens (tertiary/aromatic N) is 5. The van der Waals surface area contributed by atoms with Crippen molar-refractivity contribution in [2.45, 2.75) is 39.0 Å². The molecule has 5 rings (SSSR count). The molecular formula is C25H30F3N5OS. The van der Waals surface area contributed by atoms with Crippen LogP contribution in [0.1, 0.15) is 29.3 Å². The Morgan fingerprint density at radius 1 is 1.03 bits per heavy atom. The maximum absolute atomic E-state index is 13.3. The largest absolute Gasteiger partial charge is 0.416 e. The monoisotopic (exact) mass is 505 g/mol. The Balaban J connectivity index is 1.22. The van der Waals surface area contributed by atoms with Gasteiger partial charge >= 0.3 is 6.18 Å². The van der Waals surface area contributed by atoms with E-state index in [0.717, 1.165) is 61.8 Å². The summed E-state index contributed by atoms with van der Waals surface area (Å²) in [6.45, 7) is 9.19. The summed E-state index contributed by atoms with van der Waals surface area (Å²) in [5.74, 6) is 0. The van der Waals surface area contributed by atoms with Gasteiger partial charge in [0.25, 0.3) is 5.56 Å². The van der Waals surface area contributed by atoms with Crippen LogP contribution in [0.15, 0.2) is 35.4 Å². The normalized spacial score (nSPS) is 17.8. The number of aromatic nitrogens is 2. The Morgan fingerprint density at radius 2 is 1.83 bits per heavy atom. The van der Waals surface area contributed by atoms with Crippen LogP contribution in [0.3, 0.4) is 0 Å². The highest BCUT2D eigenvalue weighted by Crippen LogP contribution is 2.33. The van der Waals surface area contributed by atoms with E-state index in [2.05, 4.69) is 21.7 Å². The van der Waals surface area contributed by atoms with Gasteiger partial charge in [-0.3, -0.25) is 19.2 Å². The highest BCUT2D eigenvalue weighted by Gasteiger charge is 2.31. The highest BCUT2D eigenvalue weighted by atomic mass is 32.1. The summed E-state index contributed by atoms with van der Waals surface area (Å²) in [7, 11) is 0. The van der Waals surface area contributed by atoms with Crippen molar-refractivity contribution < 1.29 is 13.2 Å². The van der Waals surface area contributed by atoms with E-state index in [1.807, 2.05) is 4.90 Å². The molecule has 1 fully saturated rings. The van der Waals surface area contributed by atoms with Crippen molar-refractivity contribution in [3.05, 3.63) is 57.0 Å². The lowest BCUT2D eigenvalue weighted by molar-refractivity contribution is -0.137. The minimum atomic E-state index is -4.34. The first kappa shape index (κ1) is 24.3. The number of piperazine rings is 1. The van der Waals surface area contributed by atoms with Crippen molar-refractivity contribution in [1.82, 2.24) is 19.4 Å². The van der Waals surface area contributed by atoms with E-state index in [1.54, 1.807) is 28.3 Å². The molecule has 1 aromatic carbocycles.